The maximum absolute atomic E-state index is 12.9. The molecule has 0 aliphatic carbocycles. The van der Waals surface area contributed by atoms with Crippen molar-refractivity contribution < 1.29 is 8.42 Å². The standard InChI is InChI=1S/C15H16N2O2S/c1-11-10-12-6-2-4-8-14(12)17(11)20(18,19)15-9-5-3-7-13(15)16/h2-9,11H,10,16H2,1H3/t11-/m0/s1. The first-order valence-corrected chi connectivity index (χ1v) is 7.92. The molecule has 0 fully saturated rings. The quantitative estimate of drug-likeness (QED) is 0.863. The van der Waals surface area contributed by atoms with Gasteiger partial charge in [-0.15, -0.1) is 0 Å². The molecule has 104 valence electrons. The van der Waals surface area contributed by atoms with Gasteiger partial charge in [0.1, 0.15) is 4.90 Å². The van der Waals surface area contributed by atoms with Crippen LogP contribution in [0.4, 0.5) is 11.4 Å². The fraction of sp³-hybridized carbons (Fsp3) is 0.200. The van der Waals surface area contributed by atoms with Gasteiger partial charge in [0.25, 0.3) is 10.0 Å². The third-order valence-electron chi connectivity index (χ3n) is 3.60. The Morgan fingerprint density at radius 1 is 1.10 bits per heavy atom. The lowest BCUT2D eigenvalue weighted by atomic mass is 10.1. The number of nitrogen functional groups attached to an aromatic ring is 1. The van der Waals surface area contributed by atoms with Crippen LogP contribution in [0.25, 0.3) is 0 Å². The smallest absolute Gasteiger partial charge is 0.266 e. The Hall–Kier alpha value is -2.01. The van der Waals surface area contributed by atoms with Crippen LogP contribution in [-0.4, -0.2) is 14.5 Å². The van der Waals surface area contributed by atoms with Crippen molar-refractivity contribution in [2.45, 2.75) is 24.3 Å². The minimum Gasteiger partial charge on any atom is -0.398 e. The van der Waals surface area contributed by atoms with Gasteiger partial charge in [-0.3, -0.25) is 4.31 Å². The number of nitrogens with zero attached hydrogens (tertiary/aromatic N) is 1. The van der Waals surface area contributed by atoms with Crippen molar-refractivity contribution in [2.75, 3.05) is 10.0 Å². The summed E-state index contributed by atoms with van der Waals surface area (Å²) < 4.78 is 27.2. The molecule has 3 rings (SSSR count). The van der Waals surface area contributed by atoms with E-state index < -0.39 is 10.0 Å². The van der Waals surface area contributed by atoms with Gasteiger partial charge in [0.15, 0.2) is 0 Å². The number of fused-ring (bicyclic) bond motifs is 1. The zero-order valence-electron chi connectivity index (χ0n) is 11.2. The molecule has 0 saturated heterocycles. The fourth-order valence-electron chi connectivity index (χ4n) is 2.72. The van der Waals surface area contributed by atoms with Gasteiger partial charge in [-0.2, -0.15) is 0 Å². The lowest BCUT2D eigenvalue weighted by Gasteiger charge is -2.25. The summed E-state index contributed by atoms with van der Waals surface area (Å²) in [5, 5.41) is 0. The molecule has 2 aromatic carbocycles. The Morgan fingerprint density at radius 3 is 2.50 bits per heavy atom. The molecule has 0 radical (unpaired) electrons. The molecule has 1 heterocycles. The van der Waals surface area contributed by atoms with Gasteiger partial charge < -0.3 is 5.73 Å². The van der Waals surface area contributed by atoms with E-state index in [1.54, 1.807) is 24.3 Å². The van der Waals surface area contributed by atoms with Crippen molar-refractivity contribution in [1.82, 2.24) is 0 Å². The van der Waals surface area contributed by atoms with Crippen molar-refractivity contribution in [3.8, 4) is 0 Å². The third kappa shape index (κ3) is 1.86. The van der Waals surface area contributed by atoms with Crippen LogP contribution >= 0.6 is 0 Å². The molecule has 1 aliphatic rings. The molecular weight excluding hydrogens is 272 g/mol. The van der Waals surface area contributed by atoms with Crippen LogP contribution in [0.3, 0.4) is 0 Å². The molecule has 0 saturated carbocycles. The van der Waals surface area contributed by atoms with E-state index in [0.29, 0.717) is 0 Å². The highest BCUT2D eigenvalue weighted by Crippen LogP contribution is 2.37. The van der Waals surface area contributed by atoms with E-state index in [-0.39, 0.29) is 16.6 Å². The second kappa shape index (κ2) is 4.52. The Bertz CT molecular complexity index is 756. The lowest BCUT2D eigenvalue weighted by Crippen LogP contribution is -2.36. The van der Waals surface area contributed by atoms with E-state index in [1.807, 2.05) is 31.2 Å². The molecule has 0 amide bonds. The highest BCUT2D eigenvalue weighted by atomic mass is 32.2. The van der Waals surface area contributed by atoms with E-state index >= 15 is 0 Å². The van der Waals surface area contributed by atoms with Gasteiger partial charge in [-0.05, 0) is 37.1 Å². The Morgan fingerprint density at radius 2 is 1.75 bits per heavy atom. The first-order valence-electron chi connectivity index (χ1n) is 6.48. The van der Waals surface area contributed by atoms with Crippen LogP contribution in [0.1, 0.15) is 12.5 Å². The van der Waals surface area contributed by atoms with Crippen LogP contribution < -0.4 is 10.0 Å². The van der Waals surface area contributed by atoms with E-state index in [9.17, 15) is 8.42 Å². The Labute approximate surface area is 118 Å². The number of sulfonamides is 1. The zero-order chi connectivity index (χ0) is 14.3. The van der Waals surface area contributed by atoms with Gasteiger partial charge >= 0.3 is 0 Å². The monoisotopic (exact) mass is 288 g/mol. The minimum absolute atomic E-state index is 0.1000. The lowest BCUT2D eigenvalue weighted by molar-refractivity contribution is 0.584. The predicted molar refractivity (Wildman–Crippen MR) is 80.1 cm³/mol. The maximum atomic E-state index is 12.9. The van der Waals surface area contributed by atoms with Crippen LogP contribution in [-0.2, 0) is 16.4 Å². The number of nitrogens with two attached hydrogens (primary N) is 1. The fourth-order valence-corrected chi connectivity index (χ4v) is 4.54. The van der Waals surface area contributed by atoms with Gasteiger partial charge in [0.2, 0.25) is 0 Å². The second-order valence-corrected chi connectivity index (χ2v) is 6.80. The average Bonchev–Trinajstić information content (AvgIpc) is 2.75. The van der Waals surface area contributed by atoms with E-state index in [0.717, 1.165) is 17.7 Å². The summed E-state index contributed by atoms with van der Waals surface area (Å²) in [6, 6.07) is 14.1. The van der Waals surface area contributed by atoms with E-state index in [1.165, 1.54) is 4.31 Å². The highest BCUT2D eigenvalue weighted by Gasteiger charge is 2.36. The van der Waals surface area contributed by atoms with Crippen molar-refractivity contribution in [3.05, 3.63) is 54.1 Å². The predicted octanol–water partition coefficient (Wildman–Crippen LogP) is 2.41. The average molecular weight is 288 g/mol. The number of anilines is 2. The first kappa shape index (κ1) is 13.0. The summed E-state index contributed by atoms with van der Waals surface area (Å²) in [6.45, 7) is 1.91. The molecule has 4 nitrogen and oxygen atoms in total. The van der Waals surface area contributed by atoms with E-state index in [4.69, 9.17) is 5.73 Å². The highest BCUT2D eigenvalue weighted by molar-refractivity contribution is 7.93. The van der Waals surface area contributed by atoms with Crippen LogP contribution in [0.5, 0.6) is 0 Å². The normalized spacial score (nSPS) is 18.1. The van der Waals surface area contributed by atoms with Gasteiger partial charge in [-0.1, -0.05) is 30.3 Å². The molecule has 2 aromatic rings. The van der Waals surface area contributed by atoms with Gasteiger partial charge in [0, 0.05) is 6.04 Å². The molecular formula is C15H16N2O2S. The van der Waals surface area contributed by atoms with Gasteiger partial charge in [-0.25, -0.2) is 8.42 Å². The Kier molecular flexibility index (Phi) is 2.94. The molecule has 5 heteroatoms. The van der Waals surface area contributed by atoms with Crippen molar-refractivity contribution >= 4 is 21.4 Å². The SMILES string of the molecule is C[C@H]1Cc2ccccc2N1S(=O)(=O)c1ccccc1N. The van der Waals surface area contributed by atoms with E-state index in [2.05, 4.69) is 0 Å². The summed E-state index contributed by atoms with van der Waals surface area (Å²) in [4.78, 5) is 0.170. The molecule has 0 aromatic heterocycles. The number of rotatable bonds is 2. The number of para-hydroxylation sites is 2. The minimum atomic E-state index is -3.62. The summed E-state index contributed by atoms with van der Waals surface area (Å²) >= 11 is 0. The molecule has 0 bridgehead atoms. The zero-order valence-corrected chi connectivity index (χ0v) is 12.0. The summed E-state index contributed by atoms with van der Waals surface area (Å²) in [6.07, 6.45) is 0.724. The van der Waals surface area contributed by atoms with Gasteiger partial charge in [0.05, 0.1) is 11.4 Å². The van der Waals surface area contributed by atoms with Crippen molar-refractivity contribution in [2.24, 2.45) is 0 Å². The summed E-state index contributed by atoms with van der Waals surface area (Å²) in [7, 11) is -3.62. The molecule has 0 unspecified atom stereocenters. The Balaban J connectivity index is 2.16. The molecule has 20 heavy (non-hydrogen) atoms. The second-order valence-electron chi connectivity index (χ2n) is 5.02. The largest absolute Gasteiger partial charge is 0.398 e. The number of benzene rings is 2. The number of hydrogen-bond donors (Lipinski definition) is 1. The summed E-state index contributed by atoms with van der Waals surface area (Å²) in [5.74, 6) is 0. The molecule has 0 spiro atoms. The number of hydrogen-bond acceptors (Lipinski definition) is 3. The van der Waals surface area contributed by atoms with Crippen LogP contribution in [0.15, 0.2) is 53.4 Å². The van der Waals surface area contributed by atoms with Crippen LogP contribution in [0, 0.1) is 0 Å². The maximum Gasteiger partial charge on any atom is 0.266 e. The molecule has 2 N–H and O–H groups in total. The van der Waals surface area contributed by atoms with Crippen molar-refractivity contribution in [1.29, 1.82) is 0 Å². The topological polar surface area (TPSA) is 63.4 Å². The third-order valence-corrected chi connectivity index (χ3v) is 5.60. The first-order chi connectivity index (χ1) is 9.51. The summed E-state index contributed by atoms with van der Waals surface area (Å²) in [5.41, 5.74) is 7.92. The molecule has 1 aliphatic heterocycles. The van der Waals surface area contributed by atoms with Crippen LogP contribution in [0.2, 0.25) is 0 Å². The van der Waals surface area contributed by atoms with Crippen molar-refractivity contribution in [3.63, 3.8) is 0 Å². The molecule has 1 atom stereocenters.